The zero-order chi connectivity index (χ0) is 28.6. The number of nitrogens with zero attached hydrogens (tertiary/aromatic N) is 6. The van der Waals surface area contributed by atoms with Crippen LogP contribution in [0.25, 0.3) is 16.9 Å². The van der Waals surface area contributed by atoms with Crippen molar-refractivity contribution < 1.29 is 19.0 Å². The number of amides is 1. The van der Waals surface area contributed by atoms with E-state index < -0.39 is 5.60 Å². The summed E-state index contributed by atoms with van der Waals surface area (Å²) in [5.41, 5.74) is 5.68. The Kier molecular flexibility index (Phi) is 7.90. The van der Waals surface area contributed by atoms with Crippen molar-refractivity contribution in [2.45, 2.75) is 91.5 Å². The smallest absolute Gasteiger partial charge is 0.410 e. The highest BCUT2D eigenvalue weighted by Gasteiger charge is 2.36. The van der Waals surface area contributed by atoms with Crippen LogP contribution in [0.4, 0.5) is 4.79 Å². The zero-order valence-electron chi connectivity index (χ0n) is 24.8. The van der Waals surface area contributed by atoms with Crippen LogP contribution in [-0.2, 0) is 28.9 Å². The molecule has 0 saturated carbocycles. The van der Waals surface area contributed by atoms with Crippen molar-refractivity contribution >= 4 is 6.09 Å². The van der Waals surface area contributed by atoms with E-state index in [0.717, 1.165) is 60.4 Å². The first kappa shape index (κ1) is 28.1. The molecule has 0 bridgehead atoms. The average molecular weight is 551 g/mol. The van der Waals surface area contributed by atoms with Crippen molar-refractivity contribution in [3.8, 4) is 22.8 Å². The van der Waals surface area contributed by atoms with Gasteiger partial charge in [-0.1, -0.05) is 0 Å². The quantitative estimate of drug-likeness (QED) is 0.442. The predicted octanol–water partition coefficient (Wildman–Crippen LogP) is 4.99. The highest BCUT2D eigenvalue weighted by molar-refractivity contribution is 5.69. The highest BCUT2D eigenvalue weighted by atomic mass is 16.6. The molecule has 2 aliphatic rings. The van der Waals surface area contributed by atoms with Gasteiger partial charge in [-0.05, 0) is 72.8 Å². The van der Waals surface area contributed by atoms with Gasteiger partial charge in [0.05, 0.1) is 49.8 Å². The molecular formula is C30H42N6O4. The molecule has 0 aromatic carbocycles. The molecule has 0 unspecified atom stereocenters. The van der Waals surface area contributed by atoms with Crippen LogP contribution in [0.15, 0.2) is 24.7 Å². The molecule has 3 atom stereocenters. The number of piperidine rings is 1. The van der Waals surface area contributed by atoms with Crippen molar-refractivity contribution in [2.24, 2.45) is 5.92 Å². The number of methoxy groups -OCH3 is 1. The van der Waals surface area contributed by atoms with Crippen LogP contribution in [0, 0.1) is 12.8 Å². The molecule has 1 fully saturated rings. The van der Waals surface area contributed by atoms with Crippen LogP contribution < -0.4 is 4.74 Å². The van der Waals surface area contributed by atoms with Crippen LogP contribution in [0.1, 0.15) is 64.3 Å². The number of carbonyl (C=O) groups is 1. The van der Waals surface area contributed by atoms with Crippen LogP contribution in [0.3, 0.4) is 0 Å². The van der Waals surface area contributed by atoms with Gasteiger partial charge in [-0.3, -0.25) is 4.68 Å². The minimum Gasteiger partial charge on any atom is -0.481 e. The summed E-state index contributed by atoms with van der Waals surface area (Å²) < 4.78 is 20.9. The summed E-state index contributed by atoms with van der Waals surface area (Å²) in [4.78, 5) is 19.2. The number of hydrogen-bond acceptors (Lipinski definition) is 7. The Bertz CT molecular complexity index is 1340. The molecule has 0 N–H and O–H groups in total. The van der Waals surface area contributed by atoms with E-state index in [1.54, 1.807) is 7.11 Å². The Morgan fingerprint density at radius 3 is 2.52 bits per heavy atom. The summed E-state index contributed by atoms with van der Waals surface area (Å²) in [7, 11) is 1.63. The maximum absolute atomic E-state index is 12.8. The Labute approximate surface area is 236 Å². The first-order valence-corrected chi connectivity index (χ1v) is 14.3. The highest BCUT2D eigenvalue weighted by Crippen LogP contribution is 2.33. The molecule has 5 heterocycles. The molecule has 0 spiro atoms. The number of hydrogen-bond donors (Lipinski definition) is 0. The van der Waals surface area contributed by atoms with E-state index in [1.807, 2.05) is 54.4 Å². The number of pyridine rings is 1. The summed E-state index contributed by atoms with van der Waals surface area (Å²) in [6.07, 6.45) is 9.00. The number of carbonyl (C=O) groups excluding carboxylic acids is 1. The van der Waals surface area contributed by atoms with Gasteiger partial charge in [0.2, 0.25) is 5.88 Å². The average Bonchev–Trinajstić information content (AvgIpc) is 3.39. The van der Waals surface area contributed by atoms with E-state index in [9.17, 15) is 4.79 Å². The second kappa shape index (κ2) is 11.2. The predicted molar refractivity (Wildman–Crippen MR) is 152 cm³/mol. The lowest BCUT2D eigenvalue weighted by Gasteiger charge is -2.42. The Balaban J connectivity index is 1.36. The van der Waals surface area contributed by atoms with Crippen molar-refractivity contribution in [1.29, 1.82) is 0 Å². The van der Waals surface area contributed by atoms with Crippen LogP contribution in [0.5, 0.6) is 5.88 Å². The van der Waals surface area contributed by atoms with Crippen molar-refractivity contribution in [1.82, 2.24) is 29.4 Å². The fourth-order valence-corrected chi connectivity index (χ4v) is 6.17. The van der Waals surface area contributed by atoms with Gasteiger partial charge in [0, 0.05) is 47.9 Å². The van der Waals surface area contributed by atoms with E-state index in [1.165, 1.54) is 5.56 Å². The topological polar surface area (TPSA) is 96.5 Å². The summed E-state index contributed by atoms with van der Waals surface area (Å²) in [6.45, 7) is 14.1. The van der Waals surface area contributed by atoms with E-state index in [4.69, 9.17) is 24.4 Å². The molecule has 1 amide bonds. The number of ether oxygens (including phenoxy) is 3. The molecular weight excluding hydrogens is 508 g/mol. The molecule has 10 heteroatoms. The maximum Gasteiger partial charge on any atom is 0.410 e. The van der Waals surface area contributed by atoms with Gasteiger partial charge in [-0.15, -0.1) is 0 Å². The van der Waals surface area contributed by atoms with Gasteiger partial charge in [0.25, 0.3) is 0 Å². The van der Waals surface area contributed by atoms with Gasteiger partial charge < -0.3 is 19.1 Å². The van der Waals surface area contributed by atoms with Crippen molar-refractivity contribution in [3.63, 3.8) is 0 Å². The number of aromatic nitrogens is 5. The Morgan fingerprint density at radius 2 is 1.85 bits per heavy atom. The van der Waals surface area contributed by atoms with Gasteiger partial charge in [0.1, 0.15) is 5.60 Å². The lowest BCUT2D eigenvalue weighted by atomic mass is 9.87. The zero-order valence-corrected chi connectivity index (χ0v) is 24.8. The molecule has 40 heavy (non-hydrogen) atoms. The lowest BCUT2D eigenvalue weighted by molar-refractivity contribution is -0.00864. The number of likely N-dealkylation sites (tertiary alicyclic amines) is 1. The summed E-state index contributed by atoms with van der Waals surface area (Å²) in [5.74, 6) is 1.03. The number of fused-ring (bicyclic) bond motifs is 1. The second-order valence-electron chi connectivity index (χ2n) is 12.2. The maximum atomic E-state index is 12.8. The summed E-state index contributed by atoms with van der Waals surface area (Å²) in [5, 5.41) is 9.81. The van der Waals surface area contributed by atoms with Crippen LogP contribution in [-0.4, -0.2) is 73.5 Å². The van der Waals surface area contributed by atoms with E-state index in [0.29, 0.717) is 25.0 Å². The summed E-state index contributed by atoms with van der Waals surface area (Å²) >= 11 is 0. The van der Waals surface area contributed by atoms with Gasteiger partial charge in [0.15, 0.2) is 0 Å². The van der Waals surface area contributed by atoms with Crippen LogP contribution >= 0.6 is 0 Å². The summed E-state index contributed by atoms with van der Waals surface area (Å²) in [6, 6.07) is 2.27. The normalized spacial score (nSPS) is 21.6. The molecule has 2 aliphatic heterocycles. The SMILES string of the molecule is COc1ncc(-n2nc(-c3cnn(C[C@H]4C[C@@H](C)N(C(=O)OC(C)(C)C)[C@@H](C)C4)c3)c3c2CCOCC3)cc1C. The second-order valence-corrected chi connectivity index (χ2v) is 12.2. The first-order valence-electron chi connectivity index (χ1n) is 14.3. The molecule has 1 saturated heterocycles. The minimum absolute atomic E-state index is 0.103. The van der Waals surface area contributed by atoms with E-state index in [-0.39, 0.29) is 18.2 Å². The molecule has 216 valence electrons. The molecule has 3 aromatic heterocycles. The fraction of sp³-hybridized carbons (Fsp3) is 0.600. The third-order valence-corrected chi connectivity index (χ3v) is 7.78. The van der Waals surface area contributed by atoms with Crippen LogP contribution in [0.2, 0.25) is 0 Å². The first-order chi connectivity index (χ1) is 19.0. The number of aryl methyl sites for hydroxylation is 1. The van der Waals surface area contributed by atoms with Gasteiger partial charge >= 0.3 is 6.09 Å². The van der Waals surface area contributed by atoms with Crippen molar-refractivity contribution in [3.05, 3.63) is 41.5 Å². The third-order valence-electron chi connectivity index (χ3n) is 7.78. The lowest BCUT2D eigenvalue weighted by Crippen LogP contribution is -2.51. The molecule has 5 rings (SSSR count). The molecule has 10 nitrogen and oxygen atoms in total. The molecule has 0 aliphatic carbocycles. The van der Waals surface area contributed by atoms with E-state index >= 15 is 0 Å². The Morgan fingerprint density at radius 1 is 1.12 bits per heavy atom. The monoisotopic (exact) mass is 550 g/mol. The molecule has 0 radical (unpaired) electrons. The van der Waals surface area contributed by atoms with Gasteiger partial charge in [-0.2, -0.15) is 10.2 Å². The Hall–Kier alpha value is -3.40. The molecule has 3 aromatic rings. The van der Waals surface area contributed by atoms with E-state index in [2.05, 4.69) is 31.1 Å². The standard InChI is InChI=1S/C30H42N6O4/c1-19-12-24(16-31-28(19)38-7)36-26-9-11-39-10-8-25(26)27(33-36)23-15-32-34(18-23)17-22-13-20(2)35(21(3)14-22)29(37)40-30(4,5)6/h12,15-16,18,20-22H,8-11,13-14,17H2,1-7H3/t20-,21+,22+. The van der Waals surface area contributed by atoms with Crippen molar-refractivity contribution in [2.75, 3.05) is 20.3 Å². The fourth-order valence-electron chi connectivity index (χ4n) is 6.17. The largest absolute Gasteiger partial charge is 0.481 e. The number of rotatable bonds is 5. The third kappa shape index (κ3) is 5.87. The van der Waals surface area contributed by atoms with Gasteiger partial charge in [-0.25, -0.2) is 14.5 Å². The minimum atomic E-state index is -0.501.